The van der Waals surface area contributed by atoms with Crippen molar-refractivity contribution in [3.05, 3.63) is 93.0 Å². The second-order valence-electron chi connectivity index (χ2n) is 13.6. The molecule has 2 fully saturated rings. The largest absolute Gasteiger partial charge is 0.493 e. The highest BCUT2D eigenvalue weighted by Gasteiger charge is 2.45. The van der Waals surface area contributed by atoms with Crippen LogP contribution in [0.2, 0.25) is 10.0 Å². The summed E-state index contributed by atoms with van der Waals surface area (Å²) < 4.78 is 61.8. The van der Waals surface area contributed by atoms with Gasteiger partial charge in [-0.3, -0.25) is 14.8 Å². The second-order valence-corrected chi connectivity index (χ2v) is 18.2. The first-order valence-electron chi connectivity index (χ1n) is 17.9. The van der Waals surface area contributed by atoms with Gasteiger partial charge in [0.2, 0.25) is 20.0 Å². The molecular formula is C37H46Cl2N6O6S2. The fourth-order valence-electron chi connectivity index (χ4n) is 7.19. The Morgan fingerprint density at radius 1 is 0.868 bits per heavy atom. The highest BCUT2D eigenvalue weighted by atomic mass is 35.5. The summed E-state index contributed by atoms with van der Waals surface area (Å²) >= 11 is 12.7. The lowest BCUT2D eigenvalue weighted by Crippen LogP contribution is -2.54. The molecule has 2 saturated heterocycles. The van der Waals surface area contributed by atoms with Crippen LogP contribution in [0.4, 0.5) is 4.79 Å². The second kappa shape index (κ2) is 16.6. The fourth-order valence-corrected chi connectivity index (χ4v) is 9.66. The van der Waals surface area contributed by atoms with Gasteiger partial charge in [0.25, 0.3) is 0 Å². The van der Waals surface area contributed by atoms with Crippen LogP contribution in [0.1, 0.15) is 60.5 Å². The molecular weight excluding hydrogens is 759 g/mol. The third kappa shape index (κ3) is 9.01. The van der Waals surface area contributed by atoms with Gasteiger partial charge in [0.15, 0.2) is 0 Å². The Morgan fingerprint density at radius 2 is 1.47 bits per heavy atom. The number of rotatable bonds is 11. The summed E-state index contributed by atoms with van der Waals surface area (Å²) in [6.07, 6.45) is 3.70. The Balaban J connectivity index is 1.46. The van der Waals surface area contributed by atoms with Crippen molar-refractivity contribution in [2.75, 3.05) is 65.2 Å². The van der Waals surface area contributed by atoms with Crippen LogP contribution in [-0.2, 0) is 20.0 Å². The third-order valence-electron chi connectivity index (χ3n) is 9.88. The van der Waals surface area contributed by atoms with E-state index in [0.29, 0.717) is 85.2 Å². The Kier molecular flexibility index (Phi) is 12.4. The molecule has 53 heavy (non-hydrogen) atoms. The van der Waals surface area contributed by atoms with Crippen molar-refractivity contribution in [2.24, 2.45) is 4.99 Å². The normalized spacial score (nSPS) is 20.4. The van der Waals surface area contributed by atoms with Crippen LogP contribution in [0.25, 0.3) is 0 Å². The molecule has 6 rings (SSSR count). The Bertz CT molecular complexity index is 2030. The van der Waals surface area contributed by atoms with Crippen LogP contribution in [-0.4, -0.2) is 113 Å². The number of amides is 2. The number of sulfonamides is 2. The summed E-state index contributed by atoms with van der Waals surface area (Å²) in [6.45, 7) is 7.46. The third-order valence-corrected chi connectivity index (χ3v) is 13.2. The van der Waals surface area contributed by atoms with E-state index in [1.807, 2.05) is 31.2 Å². The van der Waals surface area contributed by atoms with E-state index in [0.717, 1.165) is 36.6 Å². The molecule has 0 aromatic heterocycles. The van der Waals surface area contributed by atoms with Crippen molar-refractivity contribution >= 4 is 55.1 Å². The van der Waals surface area contributed by atoms with Gasteiger partial charge in [0.1, 0.15) is 17.6 Å². The van der Waals surface area contributed by atoms with Crippen LogP contribution in [0, 0.1) is 6.92 Å². The number of piperidine rings is 1. The van der Waals surface area contributed by atoms with Crippen LogP contribution >= 0.6 is 23.2 Å². The Hall–Kier alpha value is -3.24. The molecule has 0 unspecified atom stereocenters. The number of urea groups is 1. The summed E-state index contributed by atoms with van der Waals surface area (Å²) in [5.74, 6) is 0.724. The number of carbonyl (C=O) groups is 1. The van der Waals surface area contributed by atoms with Crippen LogP contribution in [0.3, 0.4) is 0 Å². The zero-order valence-electron chi connectivity index (χ0n) is 30.2. The molecule has 0 radical (unpaired) electrons. The SMILES string of the molecule is CCOc1cc(C)c(S(=O)(=O)N2CCCCC2)cc1C1=N[C@@H](c2ccc(Cl)cc2)[C@@H](c2ccc(Cl)cc2)N1C(=O)N1CCN(CCNS(C)(=O)=O)CC1. The Morgan fingerprint density at radius 3 is 2.06 bits per heavy atom. The van der Waals surface area contributed by atoms with E-state index < -0.39 is 32.1 Å². The molecule has 3 heterocycles. The summed E-state index contributed by atoms with van der Waals surface area (Å²) in [5, 5.41) is 1.10. The first-order valence-corrected chi connectivity index (χ1v) is 22.0. The first-order chi connectivity index (χ1) is 25.3. The van der Waals surface area contributed by atoms with Crippen molar-refractivity contribution in [3.8, 4) is 5.75 Å². The monoisotopic (exact) mass is 804 g/mol. The van der Waals surface area contributed by atoms with E-state index in [4.69, 9.17) is 32.9 Å². The van der Waals surface area contributed by atoms with Crippen LogP contribution in [0.5, 0.6) is 5.75 Å². The van der Waals surface area contributed by atoms with E-state index in [2.05, 4.69) is 9.62 Å². The molecule has 2 atom stereocenters. The van der Waals surface area contributed by atoms with E-state index in [1.165, 1.54) is 0 Å². The number of carbonyl (C=O) groups excluding carboxylic acids is 1. The summed E-state index contributed by atoms with van der Waals surface area (Å²) in [6, 6.07) is 16.5. The van der Waals surface area contributed by atoms with E-state index in [9.17, 15) is 16.8 Å². The average molecular weight is 806 g/mol. The average Bonchev–Trinajstić information content (AvgIpc) is 3.52. The highest BCUT2D eigenvalue weighted by Crippen LogP contribution is 2.46. The molecule has 3 aromatic carbocycles. The van der Waals surface area contributed by atoms with E-state index >= 15 is 4.79 Å². The van der Waals surface area contributed by atoms with Gasteiger partial charge >= 0.3 is 6.03 Å². The fraction of sp³-hybridized carbons (Fsp3) is 0.459. The number of nitrogens with one attached hydrogen (secondary N) is 1. The highest BCUT2D eigenvalue weighted by molar-refractivity contribution is 7.89. The van der Waals surface area contributed by atoms with Gasteiger partial charge in [-0.2, -0.15) is 4.31 Å². The number of hydrogen-bond acceptors (Lipinski definition) is 8. The molecule has 0 bridgehead atoms. The number of ether oxygens (including phenoxy) is 1. The zero-order chi connectivity index (χ0) is 37.9. The number of aliphatic imine (C=N–C) groups is 1. The molecule has 12 nitrogen and oxygen atoms in total. The molecule has 3 aliphatic heterocycles. The number of aryl methyl sites for hydroxylation is 1. The van der Waals surface area contributed by atoms with Gasteiger partial charge in [0, 0.05) is 62.4 Å². The quantitative estimate of drug-likeness (QED) is 0.263. The number of nitrogens with zero attached hydrogens (tertiary/aromatic N) is 5. The minimum atomic E-state index is -3.87. The van der Waals surface area contributed by atoms with Gasteiger partial charge in [-0.15, -0.1) is 0 Å². The first kappa shape index (κ1) is 39.5. The zero-order valence-corrected chi connectivity index (χ0v) is 33.3. The molecule has 2 amide bonds. The minimum absolute atomic E-state index is 0.155. The number of halogens is 2. The van der Waals surface area contributed by atoms with Gasteiger partial charge in [-0.05, 0) is 79.8 Å². The van der Waals surface area contributed by atoms with Crippen molar-refractivity contribution in [2.45, 2.75) is 50.1 Å². The van der Waals surface area contributed by atoms with Crippen molar-refractivity contribution in [3.63, 3.8) is 0 Å². The maximum absolute atomic E-state index is 15.0. The molecule has 0 saturated carbocycles. The number of benzene rings is 3. The van der Waals surface area contributed by atoms with Crippen molar-refractivity contribution in [1.82, 2.24) is 23.7 Å². The topological polar surface area (TPSA) is 132 Å². The molecule has 286 valence electrons. The minimum Gasteiger partial charge on any atom is -0.493 e. The van der Waals surface area contributed by atoms with E-state index in [1.54, 1.807) is 57.4 Å². The van der Waals surface area contributed by atoms with Gasteiger partial charge in [-0.25, -0.2) is 26.4 Å². The van der Waals surface area contributed by atoms with Crippen molar-refractivity contribution < 1.29 is 26.4 Å². The van der Waals surface area contributed by atoms with Gasteiger partial charge in [0.05, 0.1) is 29.4 Å². The standard InChI is InChI=1S/C37H46Cl2N6O6S2/c1-4-51-32-24-26(2)33(53(49,50)44-17-6-5-7-18-44)25-31(32)36-41-34(27-8-12-29(38)13-9-27)35(28-10-14-30(39)15-11-28)45(36)37(46)43-22-20-42(21-23-43)19-16-40-52(3,47)48/h8-15,24-25,34-35,40H,4-7,16-23H2,1-3H3/t34-,35+/m0/s1. The molecule has 0 aliphatic carbocycles. The lowest BCUT2D eigenvalue weighted by molar-refractivity contribution is 0.120. The maximum atomic E-state index is 15.0. The molecule has 16 heteroatoms. The lowest BCUT2D eigenvalue weighted by Gasteiger charge is -2.39. The number of hydrogen-bond donors (Lipinski definition) is 1. The molecule has 1 N–H and O–H groups in total. The summed E-state index contributed by atoms with van der Waals surface area (Å²) in [5.41, 5.74) is 2.56. The molecule has 0 spiro atoms. The predicted octanol–water partition coefficient (Wildman–Crippen LogP) is 5.71. The van der Waals surface area contributed by atoms with Gasteiger partial charge < -0.3 is 9.64 Å². The smallest absolute Gasteiger partial charge is 0.326 e. The summed E-state index contributed by atoms with van der Waals surface area (Å²) in [7, 11) is -7.18. The molecule has 3 aliphatic rings. The van der Waals surface area contributed by atoms with Crippen LogP contribution in [0.15, 0.2) is 70.6 Å². The number of amidine groups is 1. The number of piperazine rings is 1. The Labute approximate surface area is 322 Å². The van der Waals surface area contributed by atoms with Gasteiger partial charge in [-0.1, -0.05) is 53.9 Å². The molecule has 3 aromatic rings. The van der Waals surface area contributed by atoms with E-state index in [-0.39, 0.29) is 17.5 Å². The lowest BCUT2D eigenvalue weighted by atomic mass is 9.93. The van der Waals surface area contributed by atoms with Crippen LogP contribution < -0.4 is 9.46 Å². The van der Waals surface area contributed by atoms with Crippen molar-refractivity contribution in [1.29, 1.82) is 0 Å². The summed E-state index contributed by atoms with van der Waals surface area (Å²) in [4.78, 5) is 26.0. The predicted molar refractivity (Wildman–Crippen MR) is 208 cm³/mol. The maximum Gasteiger partial charge on any atom is 0.326 e.